The van der Waals surface area contributed by atoms with Gasteiger partial charge in [0.05, 0.1) is 5.69 Å². The molecule has 0 saturated heterocycles. The summed E-state index contributed by atoms with van der Waals surface area (Å²) >= 11 is 0. The number of phenolic OH excluding ortho intramolecular Hbond substituents is 1. The van der Waals surface area contributed by atoms with Crippen molar-refractivity contribution in [3.63, 3.8) is 0 Å². The van der Waals surface area contributed by atoms with Crippen LogP contribution in [0.4, 0.5) is 10.1 Å². The first-order valence-electron chi connectivity index (χ1n) is 6.71. The first-order chi connectivity index (χ1) is 8.42. The average molecular weight is 251 g/mol. The topological polar surface area (TPSA) is 46.2 Å². The van der Waals surface area contributed by atoms with Crippen molar-refractivity contribution >= 4 is 5.69 Å². The van der Waals surface area contributed by atoms with Crippen molar-refractivity contribution in [1.29, 1.82) is 0 Å². The molecule has 2 nitrogen and oxygen atoms in total. The van der Waals surface area contributed by atoms with Crippen LogP contribution in [0.2, 0.25) is 0 Å². The Morgan fingerprint density at radius 2 is 2.11 bits per heavy atom. The highest BCUT2D eigenvalue weighted by molar-refractivity contribution is 5.51. The van der Waals surface area contributed by atoms with Gasteiger partial charge < -0.3 is 10.8 Å². The van der Waals surface area contributed by atoms with Gasteiger partial charge in [-0.1, -0.05) is 33.1 Å². The lowest BCUT2D eigenvalue weighted by Gasteiger charge is -2.31. The highest BCUT2D eigenvalue weighted by Gasteiger charge is 2.33. The third-order valence-corrected chi connectivity index (χ3v) is 4.24. The molecule has 1 fully saturated rings. The molecule has 0 aliphatic heterocycles. The molecule has 2 rings (SSSR count). The summed E-state index contributed by atoms with van der Waals surface area (Å²) in [4.78, 5) is 0. The van der Waals surface area contributed by atoms with E-state index in [1.807, 2.05) is 0 Å². The molecule has 0 heterocycles. The molecule has 0 aromatic heterocycles. The molecule has 1 aliphatic carbocycles. The monoisotopic (exact) mass is 251 g/mol. The second kappa shape index (κ2) is 4.79. The molecule has 1 aliphatic rings. The number of anilines is 1. The van der Waals surface area contributed by atoms with Crippen molar-refractivity contribution in [2.24, 2.45) is 5.92 Å². The largest absolute Gasteiger partial charge is 0.508 e. The fourth-order valence-corrected chi connectivity index (χ4v) is 3.29. The Morgan fingerprint density at radius 1 is 1.39 bits per heavy atom. The lowest BCUT2D eigenvalue weighted by Crippen LogP contribution is -2.23. The number of benzene rings is 1. The molecule has 0 bridgehead atoms. The quantitative estimate of drug-likeness (QED) is 0.586. The fraction of sp³-hybridized carbons (Fsp3) is 0.600. The van der Waals surface area contributed by atoms with Crippen molar-refractivity contribution in [2.75, 3.05) is 5.73 Å². The van der Waals surface area contributed by atoms with E-state index < -0.39 is 5.82 Å². The van der Waals surface area contributed by atoms with Gasteiger partial charge in [-0.2, -0.15) is 0 Å². The van der Waals surface area contributed by atoms with Gasteiger partial charge in [0.2, 0.25) is 0 Å². The molecule has 100 valence electrons. The minimum atomic E-state index is -0.430. The van der Waals surface area contributed by atoms with E-state index in [1.54, 1.807) is 0 Å². The molecular formula is C15H22FNO. The van der Waals surface area contributed by atoms with Crippen molar-refractivity contribution in [1.82, 2.24) is 0 Å². The minimum Gasteiger partial charge on any atom is -0.508 e. The lowest BCUT2D eigenvalue weighted by atomic mass is 9.73. The summed E-state index contributed by atoms with van der Waals surface area (Å²) in [6, 6.07) is 2.76. The zero-order valence-corrected chi connectivity index (χ0v) is 11.2. The Bertz CT molecular complexity index is 446. The van der Waals surface area contributed by atoms with E-state index >= 15 is 0 Å². The van der Waals surface area contributed by atoms with Crippen LogP contribution in [0.15, 0.2) is 12.1 Å². The highest BCUT2D eigenvalue weighted by atomic mass is 19.1. The maximum atomic E-state index is 13.6. The Morgan fingerprint density at radius 3 is 2.83 bits per heavy atom. The molecule has 0 radical (unpaired) electrons. The highest BCUT2D eigenvalue weighted by Crippen LogP contribution is 2.44. The van der Waals surface area contributed by atoms with Crippen molar-refractivity contribution < 1.29 is 9.50 Å². The molecule has 1 saturated carbocycles. The molecule has 1 unspecified atom stereocenters. The van der Waals surface area contributed by atoms with Crippen LogP contribution >= 0.6 is 0 Å². The van der Waals surface area contributed by atoms with E-state index in [1.165, 1.54) is 25.0 Å². The number of halogens is 1. The van der Waals surface area contributed by atoms with E-state index in [-0.39, 0.29) is 16.9 Å². The predicted octanol–water partition coefficient (Wildman–Crippen LogP) is 3.97. The van der Waals surface area contributed by atoms with Gasteiger partial charge in [-0.15, -0.1) is 0 Å². The maximum absolute atomic E-state index is 13.6. The summed E-state index contributed by atoms with van der Waals surface area (Å²) in [5, 5.41) is 10.1. The normalized spacial score (nSPS) is 28.9. The molecule has 18 heavy (non-hydrogen) atoms. The number of rotatable bonds is 1. The summed E-state index contributed by atoms with van der Waals surface area (Å²) in [7, 11) is 0. The fourth-order valence-electron chi connectivity index (χ4n) is 3.29. The van der Waals surface area contributed by atoms with Crippen LogP contribution in [-0.2, 0) is 5.41 Å². The number of nitrogens with two attached hydrogens (primary N) is 1. The second-order valence-electron chi connectivity index (χ2n) is 6.01. The second-order valence-corrected chi connectivity index (χ2v) is 6.01. The van der Waals surface area contributed by atoms with Crippen LogP contribution in [0.5, 0.6) is 5.75 Å². The molecule has 1 aromatic carbocycles. The Kier molecular flexibility index (Phi) is 3.51. The molecule has 3 N–H and O–H groups in total. The molecule has 0 amide bonds. The van der Waals surface area contributed by atoms with E-state index in [9.17, 15) is 9.50 Å². The van der Waals surface area contributed by atoms with Gasteiger partial charge in [0.25, 0.3) is 0 Å². The van der Waals surface area contributed by atoms with E-state index in [4.69, 9.17) is 5.73 Å². The van der Waals surface area contributed by atoms with Gasteiger partial charge >= 0.3 is 0 Å². The van der Waals surface area contributed by atoms with Gasteiger partial charge in [0.1, 0.15) is 11.6 Å². The molecule has 2 atom stereocenters. The summed E-state index contributed by atoms with van der Waals surface area (Å²) in [5.74, 6) is 0.309. The first-order valence-corrected chi connectivity index (χ1v) is 6.71. The average Bonchev–Trinajstić information content (AvgIpc) is 2.45. The summed E-state index contributed by atoms with van der Waals surface area (Å²) in [5.41, 5.74) is 6.07. The summed E-state index contributed by atoms with van der Waals surface area (Å²) in [6.07, 6.45) is 5.55. The van der Waals surface area contributed by atoms with Crippen LogP contribution < -0.4 is 5.73 Å². The van der Waals surface area contributed by atoms with Crippen LogP contribution in [0, 0.1) is 11.7 Å². The van der Waals surface area contributed by atoms with Gasteiger partial charge in [-0.3, -0.25) is 0 Å². The molecular weight excluding hydrogens is 229 g/mol. The van der Waals surface area contributed by atoms with Gasteiger partial charge in [-0.25, -0.2) is 4.39 Å². The van der Waals surface area contributed by atoms with E-state index in [2.05, 4.69) is 13.8 Å². The van der Waals surface area contributed by atoms with E-state index in [0.29, 0.717) is 11.5 Å². The number of aromatic hydroxyl groups is 1. The number of hydrogen-bond acceptors (Lipinski definition) is 2. The third kappa shape index (κ3) is 2.45. The van der Waals surface area contributed by atoms with Crippen molar-refractivity contribution in [3.05, 3.63) is 23.5 Å². The van der Waals surface area contributed by atoms with Crippen LogP contribution in [0.25, 0.3) is 0 Å². The molecule has 3 heteroatoms. The van der Waals surface area contributed by atoms with Crippen LogP contribution in [-0.4, -0.2) is 5.11 Å². The lowest BCUT2D eigenvalue weighted by molar-refractivity contribution is 0.339. The smallest absolute Gasteiger partial charge is 0.146 e. The Balaban J connectivity index is 2.42. The molecule has 0 spiro atoms. The SMILES string of the molecule is C[C@@H]1CCCCC(C)(c2cc(F)c(N)cc2O)C1. The van der Waals surface area contributed by atoms with Gasteiger partial charge in [-0.05, 0) is 30.2 Å². The van der Waals surface area contributed by atoms with Gasteiger partial charge in [0.15, 0.2) is 0 Å². The van der Waals surface area contributed by atoms with Crippen molar-refractivity contribution in [3.8, 4) is 5.75 Å². The Labute approximate surface area is 108 Å². The van der Waals surface area contributed by atoms with Gasteiger partial charge in [0, 0.05) is 11.6 Å². The van der Waals surface area contributed by atoms with Crippen LogP contribution in [0.1, 0.15) is 51.5 Å². The zero-order valence-electron chi connectivity index (χ0n) is 11.2. The first kappa shape index (κ1) is 13.2. The minimum absolute atomic E-state index is 0.0153. The van der Waals surface area contributed by atoms with Crippen LogP contribution in [0.3, 0.4) is 0 Å². The standard InChI is InChI=1S/C15H22FNO/c1-10-5-3-4-6-15(2,9-10)11-7-12(16)13(17)8-14(11)18/h7-8,10,18H,3-6,9,17H2,1-2H3/t10-,15?/m1/s1. The number of hydrogen-bond donors (Lipinski definition) is 2. The van der Waals surface area contributed by atoms with Crippen molar-refractivity contribution in [2.45, 2.75) is 51.4 Å². The maximum Gasteiger partial charge on any atom is 0.146 e. The zero-order chi connectivity index (χ0) is 13.3. The molecule has 1 aromatic rings. The summed E-state index contributed by atoms with van der Waals surface area (Å²) < 4.78 is 13.6. The predicted molar refractivity (Wildman–Crippen MR) is 72.1 cm³/mol. The third-order valence-electron chi connectivity index (χ3n) is 4.24. The van der Waals surface area contributed by atoms with E-state index in [0.717, 1.165) is 19.3 Å². The Hall–Kier alpha value is -1.25. The summed E-state index contributed by atoms with van der Waals surface area (Å²) in [6.45, 7) is 4.35. The number of nitrogen functional groups attached to an aromatic ring is 1. The number of phenols is 1.